The molecule has 110 valence electrons. The first-order chi connectivity index (χ1) is 9.04. The summed E-state index contributed by atoms with van der Waals surface area (Å²) in [6.45, 7) is 6.42. The quantitative estimate of drug-likeness (QED) is 0.483. The second kappa shape index (κ2) is 5.64. The van der Waals surface area contributed by atoms with Gasteiger partial charge in [-0.05, 0) is 43.0 Å². The van der Waals surface area contributed by atoms with Crippen LogP contribution in [0.5, 0.6) is 5.75 Å². The molecule has 1 rings (SSSR count). The number of alkyl halides is 3. The third-order valence-electron chi connectivity index (χ3n) is 2.79. The highest BCUT2D eigenvalue weighted by Crippen LogP contribution is 2.31. The van der Waals surface area contributed by atoms with Crippen molar-refractivity contribution in [1.29, 1.82) is 0 Å². The minimum absolute atomic E-state index is 0.162. The van der Waals surface area contributed by atoms with Gasteiger partial charge in [-0.2, -0.15) is 13.2 Å². The topological polar surface area (TPSA) is 43.4 Å². The maximum Gasteiger partial charge on any atom is 0.491 e. The first-order valence-electron chi connectivity index (χ1n) is 5.98. The van der Waals surface area contributed by atoms with Gasteiger partial charge in [0.1, 0.15) is 5.75 Å². The zero-order valence-electron chi connectivity index (χ0n) is 11.6. The summed E-state index contributed by atoms with van der Waals surface area (Å²) in [4.78, 5) is 22.4. The molecule has 0 fully saturated rings. The molecule has 0 N–H and O–H groups in total. The predicted octanol–water partition coefficient (Wildman–Crippen LogP) is 3.79. The molecular formula is C14H15F3O3. The van der Waals surface area contributed by atoms with Crippen molar-refractivity contribution in [3.05, 3.63) is 28.8 Å². The van der Waals surface area contributed by atoms with Crippen LogP contribution < -0.4 is 4.74 Å². The van der Waals surface area contributed by atoms with Gasteiger partial charge in [-0.15, -0.1) is 0 Å². The van der Waals surface area contributed by atoms with Gasteiger partial charge in [-0.1, -0.05) is 13.8 Å². The Morgan fingerprint density at radius 2 is 1.75 bits per heavy atom. The first-order valence-corrected chi connectivity index (χ1v) is 5.98. The molecule has 1 aromatic carbocycles. The summed E-state index contributed by atoms with van der Waals surface area (Å²) in [5.41, 5.74) is 1.26. The van der Waals surface area contributed by atoms with Crippen molar-refractivity contribution in [1.82, 2.24) is 0 Å². The van der Waals surface area contributed by atoms with Crippen LogP contribution >= 0.6 is 0 Å². The summed E-state index contributed by atoms with van der Waals surface area (Å²) in [6.07, 6.45) is -5.05. The number of carbonyl (C=O) groups is 2. The Morgan fingerprint density at radius 3 is 2.15 bits per heavy atom. The molecule has 0 aliphatic rings. The minimum Gasteiger partial charge on any atom is -0.420 e. The largest absolute Gasteiger partial charge is 0.491 e. The van der Waals surface area contributed by atoms with Crippen molar-refractivity contribution in [3.63, 3.8) is 0 Å². The Hall–Kier alpha value is -1.85. The van der Waals surface area contributed by atoms with E-state index in [1.165, 1.54) is 19.1 Å². The highest BCUT2D eigenvalue weighted by atomic mass is 19.4. The van der Waals surface area contributed by atoms with E-state index in [2.05, 4.69) is 4.74 Å². The molecular weight excluding hydrogens is 273 g/mol. The molecule has 0 aliphatic carbocycles. The summed E-state index contributed by atoms with van der Waals surface area (Å²) in [6, 6.07) is 2.76. The van der Waals surface area contributed by atoms with Crippen molar-refractivity contribution in [2.24, 2.45) is 0 Å². The van der Waals surface area contributed by atoms with Gasteiger partial charge in [0.2, 0.25) is 0 Å². The molecule has 0 spiro atoms. The molecule has 0 bridgehead atoms. The number of Topliss-reactive ketones (excluding diaryl/α,β-unsaturated/α-hetero) is 1. The van der Waals surface area contributed by atoms with Crippen LogP contribution in [0.25, 0.3) is 0 Å². The average Bonchev–Trinajstić information content (AvgIpc) is 2.26. The minimum atomic E-state index is -5.05. The van der Waals surface area contributed by atoms with Crippen LogP contribution in [0.3, 0.4) is 0 Å². The Morgan fingerprint density at radius 1 is 1.20 bits per heavy atom. The molecule has 0 saturated carbocycles. The first kappa shape index (κ1) is 16.2. The van der Waals surface area contributed by atoms with Crippen LogP contribution in [0.15, 0.2) is 12.1 Å². The van der Waals surface area contributed by atoms with E-state index in [0.29, 0.717) is 16.7 Å². The maximum atomic E-state index is 12.2. The van der Waals surface area contributed by atoms with E-state index < -0.39 is 12.1 Å². The number of carbonyl (C=O) groups excluding carboxylic acids is 2. The van der Waals surface area contributed by atoms with Gasteiger partial charge in [0.15, 0.2) is 5.78 Å². The Labute approximate surface area is 114 Å². The summed E-state index contributed by atoms with van der Waals surface area (Å²) in [5, 5.41) is 0. The van der Waals surface area contributed by atoms with E-state index in [0.717, 1.165) is 0 Å². The van der Waals surface area contributed by atoms with Crippen molar-refractivity contribution in [2.45, 2.75) is 39.8 Å². The van der Waals surface area contributed by atoms with Gasteiger partial charge in [-0.25, -0.2) is 4.79 Å². The number of rotatable bonds is 3. The normalized spacial score (nSPS) is 11.6. The number of hydrogen-bond acceptors (Lipinski definition) is 3. The third kappa shape index (κ3) is 3.59. The Kier molecular flexibility index (Phi) is 4.57. The second-order valence-electron chi connectivity index (χ2n) is 4.80. The third-order valence-corrected chi connectivity index (χ3v) is 2.79. The van der Waals surface area contributed by atoms with E-state index in [1.54, 1.807) is 20.8 Å². The summed E-state index contributed by atoms with van der Waals surface area (Å²) >= 11 is 0. The van der Waals surface area contributed by atoms with Crippen LogP contribution in [0.4, 0.5) is 13.2 Å². The van der Waals surface area contributed by atoms with Crippen molar-refractivity contribution >= 4 is 11.8 Å². The summed E-state index contributed by atoms with van der Waals surface area (Å²) in [5.74, 6) is -2.82. The van der Waals surface area contributed by atoms with Crippen molar-refractivity contribution in [3.8, 4) is 5.75 Å². The van der Waals surface area contributed by atoms with Crippen LogP contribution in [-0.2, 0) is 4.79 Å². The number of aryl methyl sites for hydroxylation is 1. The summed E-state index contributed by atoms with van der Waals surface area (Å²) < 4.78 is 41.2. The molecule has 3 nitrogen and oxygen atoms in total. The molecule has 0 heterocycles. The highest BCUT2D eigenvalue weighted by Gasteiger charge is 2.41. The monoisotopic (exact) mass is 288 g/mol. The van der Waals surface area contributed by atoms with Crippen LogP contribution in [0.2, 0.25) is 0 Å². The maximum absolute atomic E-state index is 12.2. The fourth-order valence-corrected chi connectivity index (χ4v) is 1.77. The zero-order valence-corrected chi connectivity index (χ0v) is 11.6. The number of esters is 1. The second-order valence-corrected chi connectivity index (χ2v) is 4.80. The van der Waals surface area contributed by atoms with Gasteiger partial charge in [0.05, 0.1) is 0 Å². The smallest absolute Gasteiger partial charge is 0.420 e. The lowest BCUT2D eigenvalue weighted by Gasteiger charge is -2.16. The van der Waals surface area contributed by atoms with E-state index in [-0.39, 0.29) is 17.5 Å². The molecule has 1 aromatic rings. The van der Waals surface area contributed by atoms with Gasteiger partial charge in [-0.3, -0.25) is 4.79 Å². The molecule has 0 saturated heterocycles. The summed E-state index contributed by atoms with van der Waals surface area (Å²) in [7, 11) is 0. The van der Waals surface area contributed by atoms with Gasteiger partial charge < -0.3 is 4.74 Å². The van der Waals surface area contributed by atoms with Gasteiger partial charge >= 0.3 is 12.1 Å². The molecule has 6 heteroatoms. The lowest BCUT2D eigenvalue weighted by Crippen LogP contribution is -2.28. The predicted molar refractivity (Wildman–Crippen MR) is 67.0 cm³/mol. The van der Waals surface area contributed by atoms with Gasteiger partial charge in [0.25, 0.3) is 0 Å². The molecule has 0 aliphatic heterocycles. The van der Waals surface area contributed by atoms with Crippen molar-refractivity contribution in [2.75, 3.05) is 0 Å². The van der Waals surface area contributed by atoms with Crippen LogP contribution in [0.1, 0.15) is 48.2 Å². The average molecular weight is 288 g/mol. The zero-order chi connectivity index (χ0) is 15.7. The Bertz CT molecular complexity index is 545. The van der Waals surface area contributed by atoms with Crippen LogP contribution in [0, 0.1) is 6.92 Å². The SMILES string of the molecule is CC(=O)c1cc(C(C)C)c(OC(=O)C(F)(F)F)cc1C. The van der Waals surface area contributed by atoms with E-state index in [9.17, 15) is 22.8 Å². The van der Waals surface area contributed by atoms with Gasteiger partial charge in [0, 0.05) is 5.56 Å². The fraction of sp³-hybridized carbons (Fsp3) is 0.429. The number of ketones is 1. The lowest BCUT2D eigenvalue weighted by atomic mass is 9.95. The van der Waals surface area contributed by atoms with Crippen molar-refractivity contribution < 1.29 is 27.5 Å². The molecule has 0 aromatic heterocycles. The number of halogens is 3. The fourth-order valence-electron chi connectivity index (χ4n) is 1.77. The van der Waals surface area contributed by atoms with Crippen LogP contribution in [-0.4, -0.2) is 17.9 Å². The number of hydrogen-bond donors (Lipinski definition) is 0. The molecule has 0 radical (unpaired) electrons. The molecule has 0 atom stereocenters. The Balaban J connectivity index is 3.29. The molecule has 0 amide bonds. The van der Waals surface area contributed by atoms with E-state index in [4.69, 9.17) is 0 Å². The molecule has 20 heavy (non-hydrogen) atoms. The number of ether oxygens (including phenoxy) is 1. The highest BCUT2D eigenvalue weighted by molar-refractivity contribution is 5.96. The van der Waals surface area contributed by atoms with E-state index in [1.807, 2.05) is 0 Å². The lowest BCUT2D eigenvalue weighted by molar-refractivity contribution is -0.189. The standard InChI is InChI=1S/C14H15F3O3/c1-7(2)10-6-11(9(4)18)8(3)5-12(10)20-13(19)14(15,16)17/h5-7H,1-4H3. The molecule has 0 unspecified atom stereocenters. The van der Waals surface area contributed by atoms with E-state index >= 15 is 0 Å². The number of benzene rings is 1.